The predicted molar refractivity (Wildman–Crippen MR) is 102 cm³/mol. The molecule has 2 aliphatic heterocycles. The Morgan fingerprint density at radius 3 is 2.54 bits per heavy atom. The molecule has 1 aromatic heterocycles. The fourth-order valence-corrected chi connectivity index (χ4v) is 4.07. The third-order valence-electron chi connectivity index (χ3n) is 5.74. The van der Waals surface area contributed by atoms with E-state index < -0.39 is 0 Å². The Hall–Kier alpha value is -1.66. The van der Waals surface area contributed by atoms with E-state index in [1.807, 2.05) is 30.0 Å². The molecule has 0 bridgehead atoms. The maximum Gasteiger partial charge on any atom is 0.317 e. The molecular weight excluding hydrogens is 328 g/mol. The molecule has 26 heavy (non-hydrogen) atoms. The number of aliphatic hydroxyl groups excluding tert-OH is 1. The third-order valence-corrected chi connectivity index (χ3v) is 5.74. The van der Waals surface area contributed by atoms with Crippen molar-refractivity contribution in [2.24, 2.45) is 0 Å². The van der Waals surface area contributed by atoms with Crippen molar-refractivity contribution in [1.29, 1.82) is 0 Å². The van der Waals surface area contributed by atoms with Gasteiger partial charge in [-0.25, -0.2) is 4.79 Å². The summed E-state index contributed by atoms with van der Waals surface area (Å²) >= 11 is 0. The van der Waals surface area contributed by atoms with Crippen molar-refractivity contribution in [2.45, 2.75) is 64.1 Å². The molecule has 0 aromatic carbocycles. The van der Waals surface area contributed by atoms with E-state index in [0.29, 0.717) is 6.04 Å². The number of carbonyl (C=O) groups excluding carboxylic acids is 1. The van der Waals surface area contributed by atoms with Crippen molar-refractivity contribution in [3.05, 3.63) is 29.6 Å². The molecule has 0 aliphatic carbocycles. The number of aromatic nitrogens is 1. The van der Waals surface area contributed by atoms with Crippen molar-refractivity contribution in [3.63, 3.8) is 0 Å². The highest BCUT2D eigenvalue weighted by Crippen LogP contribution is 2.22. The van der Waals surface area contributed by atoms with Gasteiger partial charge in [0, 0.05) is 37.9 Å². The lowest BCUT2D eigenvalue weighted by atomic mass is 9.99. The number of nitrogens with one attached hydrogen (secondary N) is 1. The molecule has 2 fully saturated rings. The third kappa shape index (κ3) is 4.74. The van der Waals surface area contributed by atoms with Gasteiger partial charge < -0.3 is 20.2 Å². The van der Waals surface area contributed by atoms with E-state index in [4.69, 9.17) is 0 Å². The lowest BCUT2D eigenvalue weighted by molar-refractivity contribution is 0.0428. The predicted octanol–water partition coefficient (Wildman–Crippen LogP) is 2.47. The quantitative estimate of drug-likeness (QED) is 0.865. The molecule has 2 amide bonds. The summed E-state index contributed by atoms with van der Waals surface area (Å²) in [6, 6.07) is 6.48. The van der Waals surface area contributed by atoms with Crippen LogP contribution >= 0.6 is 0 Å². The lowest BCUT2D eigenvalue weighted by Crippen LogP contribution is -2.51. The molecule has 3 heterocycles. The zero-order chi connectivity index (χ0) is 18.5. The Bertz CT molecular complexity index is 593. The summed E-state index contributed by atoms with van der Waals surface area (Å²) in [5, 5.41) is 12.8. The minimum absolute atomic E-state index is 0.0210. The minimum Gasteiger partial charge on any atom is -0.393 e. The number of amides is 2. The number of piperidine rings is 2. The number of nitrogens with zero attached hydrogens (tertiary/aromatic N) is 3. The van der Waals surface area contributed by atoms with Crippen LogP contribution in [0.4, 0.5) is 4.79 Å². The first-order valence-electron chi connectivity index (χ1n) is 9.98. The number of likely N-dealkylation sites (tertiary alicyclic amines) is 2. The fraction of sp³-hybridized carbons (Fsp3) is 0.700. The van der Waals surface area contributed by atoms with Gasteiger partial charge in [-0.1, -0.05) is 13.0 Å². The Morgan fingerprint density at radius 1 is 1.23 bits per heavy atom. The van der Waals surface area contributed by atoms with Gasteiger partial charge in [-0.15, -0.1) is 0 Å². The van der Waals surface area contributed by atoms with Crippen LogP contribution in [0.2, 0.25) is 0 Å². The normalized spacial score (nSPS) is 21.6. The zero-order valence-electron chi connectivity index (χ0n) is 16.0. The number of rotatable bonds is 4. The standard InChI is InChI=1S/C20H32N4O2/c1-3-18(19-6-4-5-15(2)21-19)22-20(26)24-11-7-16(8-12-24)23-13-9-17(25)10-14-23/h4-6,16-18,25H,3,7-14H2,1-2H3,(H,22,26)/t18-/m1/s1. The van der Waals surface area contributed by atoms with Crippen molar-refractivity contribution in [1.82, 2.24) is 20.1 Å². The number of hydrogen-bond donors (Lipinski definition) is 2. The van der Waals surface area contributed by atoms with Crippen LogP contribution in [0.3, 0.4) is 0 Å². The van der Waals surface area contributed by atoms with E-state index in [9.17, 15) is 9.90 Å². The molecule has 6 nitrogen and oxygen atoms in total. The molecule has 0 unspecified atom stereocenters. The second kappa shape index (κ2) is 8.82. The highest BCUT2D eigenvalue weighted by atomic mass is 16.3. The van der Waals surface area contributed by atoms with E-state index in [-0.39, 0.29) is 18.2 Å². The van der Waals surface area contributed by atoms with Gasteiger partial charge in [0.25, 0.3) is 0 Å². The molecule has 3 rings (SSSR count). The van der Waals surface area contributed by atoms with Crippen LogP contribution in [0.15, 0.2) is 18.2 Å². The Labute approximate surface area is 156 Å². The van der Waals surface area contributed by atoms with Crippen LogP contribution in [0.1, 0.15) is 56.5 Å². The number of aliphatic hydroxyl groups is 1. The Morgan fingerprint density at radius 2 is 1.92 bits per heavy atom. The van der Waals surface area contributed by atoms with Gasteiger partial charge in [0.1, 0.15) is 0 Å². The molecule has 2 saturated heterocycles. The summed E-state index contributed by atoms with van der Waals surface area (Å²) in [7, 11) is 0. The minimum atomic E-state index is -0.127. The number of hydrogen-bond acceptors (Lipinski definition) is 4. The first-order chi connectivity index (χ1) is 12.6. The van der Waals surface area contributed by atoms with Gasteiger partial charge in [-0.3, -0.25) is 4.98 Å². The van der Waals surface area contributed by atoms with Gasteiger partial charge in [-0.05, 0) is 51.2 Å². The van der Waals surface area contributed by atoms with Gasteiger partial charge >= 0.3 is 6.03 Å². The fourth-order valence-electron chi connectivity index (χ4n) is 4.07. The molecule has 1 atom stereocenters. The van der Waals surface area contributed by atoms with Crippen molar-refractivity contribution in [2.75, 3.05) is 26.2 Å². The van der Waals surface area contributed by atoms with E-state index in [2.05, 4.69) is 22.1 Å². The van der Waals surface area contributed by atoms with Crippen LogP contribution < -0.4 is 5.32 Å². The smallest absolute Gasteiger partial charge is 0.317 e. The summed E-state index contributed by atoms with van der Waals surface area (Å²) < 4.78 is 0. The maximum atomic E-state index is 12.7. The van der Waals surface area contributed by atoms with Crippen LogP contribution in [-0.2, 0) is 0 Å². The monoisotopic (exact) mass is 360 g/mol. The summed E-state index contributed by atoms with van der Waals surface area (Å²) in [4.78, 5) is 21.7. The van der Waals surface area contributed by atoms with E-state index in [1.165, 1.54) is 0 Å². The second-order valence-corrected chi connectivity index (χ2v) is 7.60. The Balaban J connectivity index is 1.50. The van der Waals surface area contributed by atoms with Crippen LogP contribution in [0, 0.1) is 6.92 Å². The summed E-state index contributed by atoms with van der Waals surface area (Å²) in [5.74, 6) is 0. The summed E-state index contributed by atoms with van der Waals surface area (Å²) in [6.45, 7) is 7.61. The molecule has 2 N–H and O–H groups in total. The van der Waals surface area contributed by atoms with Crippen molar-refractivity contribution >= 4 is 6.03 Å². The summed E-state index contributed by atoms with van der Waals surface area (Å²) in [5.41, 5.74) is 1.91. The second-order valence-electron chi connectivity index (χ2n) is 7.60. The molecular formula is C20H32N4O2. The molecule has 6 heteroatoms. The highest BCUT2D eigenvalue weighted by molar-refractivity contribution is 5.74. The van der Waals surface area contributed by atoms with E-state index >= 15 is 0 Å². The van der Waals surface area contributed by atoms with Gasteiger partial charge in [0.05, 0.1) is 17.8 Å². The number of urea groups is 1. The molecule has 0 saturated carbocycles. The lowest BCUT2D eigenvalue weighted by Gasteiger charge is -2.41. The molecule has 1 aromatic rings. The van der Waals surface area contributed by atoms with E-state index in [1.54, 1.807) is 0 Å². The van der Waals surface area contributed by atoms with Gasteiger partial charge in [0.15, 0.2) is 0 Å². The SMILES string of the molecule is CC[C@@H](NC(=O)N1CCC(N2CCC(O)CC2)CC1)c1cccc(C)n1. The first-order valence-corrected chi connectivity index (χ1v) is 9.98. The number of aryl methyl sites for hydroxylation is 1. The van der Waals surface area contributed by atoms with Crippen LogP contribution in [-0.4, -0.2) is 64.2 Å². The topological polar surface area (TPSA) is 68.7 Å². The molecule has 144 valence electrons. The van der Waals surface area contributed by atoms with Gasteiger partial charge in [-0.2, -0.15) is 0 Å². The van der Waals surface area contributed by atoms with Crippen LogP contribution in [0.5, 0.6) is 0 Å². The number of carbonyl (C=O) groups is 1. The molecule has 2 aliphatic rings. The largest absolute Gasteiger partial charge is 0.393 e. The van der Waals surface area contributed by atoms with Crippen molar-refractivity contribution in [3.8, 4) is 0 Å². The maximum absolute atomic E-state index is 12.7. The average molecular weight is 361 g/mol. The van der Waals surface area contributed by atoms with Gasteiger partial charge in [0.2, 0.25) is 0 Å². The molecule has 0 radical (unpaired) electrons. The average Bonchev–Trinajstić information content (AvgIpc) is 2.66. The van der Waals surface area contributed by atoms with Crippen molar-refractivity contribution < 1.29 is 9.90 Å². The summed E-state index contributed by atoms with van der Waals surface area (Å²) in [6.07, 6.45) is 4.49. The van der Waals surface area contributed by atoms with Crippen LogP contribution in [0.25, 0.3) is 0 Å². The highest BCUT2D eigenvalue weighted by Gasteiger charge is 2.29. The number of pyridine rings is 1. The van der Waals surface area contributed by atoms with E-state index in [0.717, 1.165) is 69.7 Å². The zero-order valence-corrected chi connectivity index (χ0v) is 16.0. The Kier molecular flexibility index (Phi) is 6.48. The molecule has 0 spiro atoms. The first kappa shape index (κ1) is 19.1.